The van der Waals surface area contributed by atoms with Crippen LogP contribution in [0, 0.1) is 0 Å². The third-order valence-electron chi connectivity index (χ3n) is 3.86. The van der Waals surface area contributed by atoms with Crippen molar-refractivity contribution in [1.29, 1.82) is 0 Å². The smallest absolute Gasteiger partial charge is 0.228 e. The first-order valence-electron chi connectivity index (χ1n) is 7.49. The Bertz CT molecular complexity index is 646. The number of likely N-dealkylation sites (tertiary alicyclic amines) is 1. The number of anilines is 2. The van der Waals surface area contributed by atoms with Crippen molar-refractivity contribution in [2.24, 2.45) is 0 Å². The molecule has 1 N–H and O–H groups in total. The molecule has 2 aromatic heterocycles. The van der Waals surface area contributed by atoms with Gasteiger partial charge in [-0.15, -0.1) is 0 Å². The van der Waals surface area contributed by atoms with Gasteiger partial charge in [-0.2, -0.15) is 0 Å². The second-order valence-electron chi connectivity index (χ2n) is 5.45. The number of carbonyl (C=O) groups excluding carboxylic acids is 1. The number of carbonyl (C=O) groups is 1. The van der Waals surface area contributed by atoms with Gasteiger partial charge in [0.05, 0.1) is 0 Å². The van der Waals surface area contributed by atoms with Crippen LogP contribution in [-0.2, 0) is 4.79 Å². The number of piperidine rings is 1. The van der Waals surface area contributed by atoms with Crippen LogP contribution in [0.25, 0.3) is 0 Å². The molecular formula is C16H19N5O. The zero-order valence-electron chi connectivity index (χ0n) is 12.6. The lowest BCUT2D eigenvalue weighted by molar-refractivity contribution is -0.130. The van der Waals surface area contributed by atoms with Crippen LogP contribution in [0.3, 0.4) is 0 Å². The predicted octanol–water partition coefficient (Wildman–Crippen LogP) is 2.34. The van der Waals surface area contributed by atoms with Crippen molar-refractivity contribution in [2.75, 3.05) is 18.4 Å². The molecule has 1 saturated heterocycles. The molecule has 1 amide bonds. The average Bonchev–Trinajstić information content (AvgIpc) is 2.56. The van der Waals surface area contributed by atoms with Crippen LogP contribution in [0.2, 0.25) is 0 Å². The number of nitrogens with one attached hydrogen (secondary N) is 1. The monoisotopic (exact) mass is 297 g/mol. The van der Waals surface area contributed by atoms with Gasteiger partial charge < -0.3 is 10.2 Å². The quantitative estimate of drug-likeness (QED) is 0.941. The van der Waals surface area contributed by atoms with Crippen molar-refractivity contribution >= 4 is 17.7 Å². The van der Waals surface area contributed by atoms with E-state index < -0.39 is 0 Å². The Hall–Kier alpha value is -2.50. The molecule has 0 radical (unpaired) electrons. The molecule has 0 bridgehead atoms. The van der Waals surface area contributed by atoms with Crippen molar-refractivity contribution in [3.05, 3.63) is 42.4 Å². The van der Waals surface area contributed by atoms with Crippen LogP contribution in [-0.4, -0.2) is 38.8 Å². The van der Waals surface area contributed by atoms with Gasteiger partial charge in [0.15, 0.2) is 0 Å². The second-order valence-corrected chi connectivity index (χ2v) is 5.45. The van der Waals surface area contributed by atoms with Crippen LogP contribution in [0.1, 0.15) is 31.4 Å². The summed E-state index contributed by atoms with van der Waals surface area (Å²) in [5, 5.41) is 3.10. The number of amides is 1. The van der Waals surface area contributed by atoms with E-state index >= 15 is 0 Å². The first kappa shape index (κ1) is 14.4. The highest BCUT2D eigenvalue weighted by Gasteiger charge is 2.23. The predicted molar refractivity (Wildman–Crippen MR) is 83.8 cm³/mol. The average molecular weight is 297 g/mol. The summed E-state index contributed by atoms with van der Waals surface area (Å²) >= 11 is 0. The maximum Gasteiger partial charge on any atom is 0.228 e. The highest BCUT2D eigenvalue weighted by Crippen LogP contribution is 2.26. The molecule has 0 aromatic carbocycles. The third-order valence-corrected chi connectivity index (χ3v) is 3.86. The summed E-state index contributed by atoms with van der Waals surface area (Å²) < 4.78 is 0. The van der Waals surface area contributed by atoms with Crippen LogP contribution in [0.15, 0.2) is 36.7 Å². The fourth-order valence-electron chi connectivity index (χ4n) is 2.73. The summed E-state index contributed by atoms with van der Waals surface area (Å²) in [6.45, 7) is 3.22. The summed E-state index contributed by atoms with van der Waals surface area (Å²) in [6, 6.07) is 7.66. The molecule has 6 heteroatoms. The van der Waals surface area contributed by atoms with Gasteiger partial charge in [-0.3, -0.25) is 4.79 Å². The molecule has 0 saturated carbocycles. The number of pyridine rings is 1. The molecule has 114 valence electrons. The SMILES string of the molecule is CC(=O)N1CCCC(c2cccc(Nc3ncccn3)n2)C1. The molecule has 6 nitrogen and oxygen atoms in total. The molecule has 1 aliphatic rings. The van der Waals surface area contributed by atoms with Gasteiger partial charge in [-0.05, 0) is 31.0 Å². The van der Waals surface area contributed by atoms with Gasteiger partial charge in [0.2, 0.25) is 11.9 Å². The van der Waals surface area contributed by atoms with E-state index in [1.165, 1.54) is 0 Å². The molecular weight excluding hydrogens is 278 g/mol. The highest BCUT2D eigenvalue weighted by molar-refractivity contribution is 5.73. The maximum absolute atomic E-state index is 11.6. The summed E-state index contributed by atoms with van der Waals surface area (Å²) in [7, 11) is 0. The molecule has 1 atom stereocenters. The van der Waals surface area contributed by atoms with Gasteiger partial charge in [-0.1, -0.05) is 6.07 Å². The Morgan fingerprint density at radius 1 is 1.27 bits per heavy atom. The first-order valence-corrected chi connectivity index (χ1v) is 7.49. The number of hydrogen-bond acceptors (Lipinski definition) is 5. The fourth-order valence-corrected chi connectivity index (χ4v) is 2.73. The Balaban J connectivity index is 1.75. The van der Waals surface area contributed by atoms with Crippen molar-refractivity contribution in [3.63, 3.8) is 0 Å². The summed E-state index contributed by atoms with van der Waals surface area (Å²) in [4.78, 5) is 26.4. The zero-order valence-corrected chi connectivity index (χ0v) is 12.6. The minimum atomic E-state index is 0.136. The van der Waals surface area contributed by atoms with Crippen molar-refractivity contribution < 1.29 is 4.79 Å². The van der Waals surface area contributed by atoms with Gasteiger partial charge in [0.1, 0.15) is 5.82 Å². The normalized spacial score (nSPS) is 18.0. The molecule has 0 aliphatic carbocycles. The molecule has 22 heavy (non-hydrogen) atoms. The molecule has 0 spiro atoms. The molecule has 3 heterocycles. The Morgan fingerprint density at radius 3 is 2.86 bits per heavy atom. The standard InChI is InChI=1S/C16H19N5O/c1-12(22)21-10-3-5-13(11-21)14-6-2-7-15(19-14)20-16-17-8-4-9-18-16/h2,4,6-9,13H,3,5,10-11H2,1H3,(H,17,18,19,20). The fraction of sp³-hybridized carbons (Fsp3) is 0.375. The lowest BCUT2D eigenvalue weighted by atomic mass is 9.94. The van der Waals surface area contributed by atoms with Gasteiger partial charge >= 0.3 is 0 Å². The third kappa shape index (κ3) is 3.39. The van der Waals surface area contributed by atoms with E-state index in [1.54, 1.807) is 25.4 Å². The van der Waals surface area contributed by atoms with Gasteiger partial charge in [-0.25, -0.2) is 15.0 Å². The summed E-state index contributed by atoms with van der Waals surface area (Å²) in [6.07, 6.45) is 5.45. The lowest BCUT2D eigenvalue weighted by Gasteiger charge is -2.31. The van der Waals surface area contributed by atoms with E-state index in [9.17, 15) is 4.79 Å². The maximum atomic E-state index is 11.6. The molecule has 3 rings (SSSR count). The number of nitrogens with zero attached hydrogens (tertiary/aromatic N) is 4. The van der Waals surface area contributed by atoms with Crippen LogP contribution < -0.4 is 5.32 Å². The zero-order chi connectivity index (χ0) is 15.4. The van der Waals surface area contributed by atoms with E-state index in [0.717, 1.165) is 37.4 Å². The Kier molecular flexibility index (Phi) is 4.27. The van der Waals surface area contributed by atoms with Crippen LogP contribution >= 0.6 is 0 Å². The Labute approximate surface area is 129 Å². The van der Waals surface area contributed by atoms with Crippen molar-refractivity contribution in [1.82, 2.24) is 19.9 Å². The topological polar surface area (TPSA) is 71.0 Å². The van der Waals surface area contributed by atoms with Crippen LogP contribution in [0.4, 0.5) is 11.8 Å². The van der Waals surface area contributed by atoms with E-state index in [2.05, 4.69) is 20.3 Å². The van der Waals surface area contributed by atoms with Crippen LogP contribution in [0.5, 0.6) is 0 Å². The van der Waals surface area contributed by atoms with E-state index in [-0.39, 0.29) is 11.8 Å². The van der Waals surface area contributed by atoms with Crippen molar-refractivity contribution in [3.8, 4) is 0 Å². The van der Waals surface area contributed by atoms with Gasteiger partial charge in [0, 0.05) is 44.0 Å². The van der Waals surface area contributed by atoms with Crippen molar-refractivity contribution in [2.45, 2.75) is 25.7 Å². The summed E-state index contributed by atoms with van der Waals surface area (Å²) in [5.41, 5.74) is 1.01. The largest absolute Gasteiger partial charge is 0.342 e. The van der Waals surface area contributed by atoms with E-state index in [4.69, 9.17) is 0 Å². The lowest BCUT2D eigenvalue weighted by Crippen LogP contribution is -2.37. The number of aromatic nitrogens is 3. The minimum Gasteiger partial charge on any atom is -0.342 e. The second kappa shape index (κ2) is 6.51. The number of rotatable bonds is 3. The minimum absolute atomic E-state index is 0.136. The first-order chi connectivity index (χ1) is 10.7. The molecule has 1 unspecified atom stereocenters. The molecule has 2 aromatic rings. The molecule has 1 aliphatic heterocycles. The molecule has 1 fully saturated rings. The Morgan fingerprint density at radius 2 is 2.09 bits per heavy atom. The summed E-state index contributed by atoms with van der Waals surface area (Å²) in [5.74, 6) is 1.68. The van der Waals surface area contributed by atoms with E-state index in [0.29, 0.717) is 5.95 Å². The van der Waals surface area contributed by atoms with Gasteiger partial charge in [0.25, 0.3) is 0 Å². The highest BCUT2D eigenvalue weighted by atomic mass is 16.2. The number of hydrogen-bond donors (Lipinski definition) is 1. The van der Waals surface area contributed by atoms with E-state index in [1.807, 2.05) is 23.1 Å².